The molecule has 30 heavy (non-hydrogen) atoms. The second-order valence-electron chi connectivity index (χ2n) is 8.30. The predicted molar refractivity (Wildman–Crippen MR) is 119 cm³/mol. The van der Waals surface area contributed by atoms with E-state index >= 15 is 0 Å². The Morgan fingerprint density at radius 3 is 2.90 bits per heavy atom. The zero-order chi connectivity index (χ0) is 21.7. The third-order valence-electron chi connectivity index (χ3n) is 5.73. The summed E-state index contributed by atoms with van der Waals surface area (Å²) in [5.41, 5.74) is 8.05. The van der Waals surface area contributed by atoms with Crippen LogP contribution in [0, 0.1) is 0 Å². The standard InChI is InChI=1S/C21H35N5O3S/c1-3-17-10-18-19(30-17)4-9-29-21(18)5-7-25(8-6-21)12-16(22)13-26(23)14-20(28)24-11-15(2)27/h10,13,15,27H,3-9,11-12,14,22-23H2,1-2H3,(H,24,28)/b16-13-. The van der Waals surface area contributed by atoms with Crippen molar-refractivity contribution < 1.29 is 14.6 Å². The second-order valence-corrected chi connectivity index (χ2v) is 9.52. The van der Waals surface area contributed by atoms with E-state index in [-0.39, 0.29) is 24.6 Å². The molecule has 1 aromatic heterocycles. The third-order valence-corrected chi connectivity index (χ3v) is 7.07. The van der Waals surface area contributed by atoms with Crippen LogP contribution >= 0.6 is 11.3 Å². The number of hydrogen-bond acceptors (Lipinski definition) is 8. The molecule has 1 amide bonds. The first-order chi connectivity index (χ1) is 14.3. The van der Waals surface area contributed by atoms with Crippen LogP contribution in [0.25, 0.3) is 0 Å². The molecule has 0 saturated carbocycles. The molecule has 1 atom stereocenters. The Morgan fingerprint density at radius 1 is 1.50 bits per heavy atom. The summed E-state index contributed by atoms with van der Waals surface area (Å²) in [4.78, 5) is 17.0. The summed E-state index contributed by atoms with van der Waals surface area (Å²) in [7, 11) is 0. The SMILES string of the molecule is CCc1cc2c(s1)CCOC21CCN(C/C(N)=C/N(N)CC(=O)NCC(C)O)CC1. The first-order valence-electron chi connectivity index (χ1n) is 10.7. The van der Waals surface area contributed by atoms with Crippen molar-refractivity contribution in [1.82, 2.24) is 15.2 Å². The molecule has 8 nitrogen and oxygen atoms in total. The van der Waals surface area contributed by atoms with Gasteiger partial charge in [-0.05, 0) is 37.8 Å². The number of ether oxygens (including phenoxy) is 1. The Balaban J connectivity index is 1.50. The van der Waals surface area contributed by atoms with E-state index in [9.17, 15) is 9.90 Å². The molecule has 1 aromatic rings. The number of aliphatic hydroxyl groups is 1. The van der Waals surface area contributed by atoms with Crippen molar-refractivity contribution >= 4 is 17.2 Å². The van der Waals surface area contributed by atoms with Gasteiger partial charge < -0.3 is 25.9 Å². The zero-order valence-corrected chi connectivity index (χ0v) is 18.8. The van der Waals surface area contributed by atoms with Gasteiger partial charge in [-0.3, -0.25) is 9.69 Å². The van der Waals surface area contributed by atoms with Crippen LogP contribution < -0.4 is 16.9 Å². The molecule has 3 rings (SSSR count). The summed E-state index contributed by atoms with van der Waals surface area (Å²) < 4.78 is 6.34. The summed E-state index contributed by atoms with van der Waals surface area (Å²) >= 11 is 1.94. The average molecular weight is 438 g/mol. The Hall–Kier alpha value is -1.65. The normalized spacial score (nSPS) is 20.1. The molecule has 0 aliphatic carbocycles. The van der Waals surface area contributed by atoms with Crippen LogP contribution in [0.2, 0.25) is 0 Å². The number of nitrogens with zero attached hydrogens (tertiary/aromatic N) is 2. The minimum absolute atomic E-state index is 0.00886. The highest BCUT2D eigenvalue weighted by molar-refractivity contribution is 7.12. The number of aliphatic hydroxyl groups excluding tert-OH is 1. The molecule has 1 unspecified atom stereocenters. The van der Waals surface area contributed by atoms with Gasteiger partial charge in [-0.15, -0.1) is 11.3 Å². The van der Waals surface area contributed by atoms with Crippen LogP contribution in [0.15, 0.2) is 18.0 Å². The van der Waals surface area contributed by atoms with Gasteiger partial charge in [-0.1, -0.05) is 6.92 Å². The van der Waals surface area contributed by atoms with Gasteiger partial charge in [-0.25, -0.2) is 5.84 Å². The summed E-state index contributed by atoms with van der Waals surface area (Å²) in [6, 6.07) is 2.36. The second kappa shape index (κ2) is 10.1. The Kier molecular flexibility index (Phi) is 7.75. The summed E-state index contributed by atoms with van der Waals surface area (Å²) in [5, 5.41) is 13.1. The summed E-state index contributed by atoms with van der Waals surface area (Å²) in [6.45, 7) is 7.24. The van der Waals surface area contributed by atoms with E-state index in [1.54, 1.807) is 13.1 Å². The fourth-order valence-corrected chi connectivity index (χ4v) is 5.35. The highest BCUT2D eigenvalue weighted by atomic mass is 32.1. The number of carbonyl (C=O) groups is 1. The van der Waals surface area contributed by atoms with Gasteiger partial charge in [0, 0.05) is 54.3 Å². The van der Waals surface area contributed by atoms with Crippen molar-refractivity contribution in [1.29, 1.82) is 0 Å². The fourth-order valence-electron chi connectivity index (χ4n) is 4.17. The van der Waals surface area contributed by atoms with Crippen LogP contribution in [0.1, 0.15) is 42.0 Å². The number of hydrazine groups is 1. The van der Waals surface area contributed by atoms with Crippen molar-refractivity contribution in [2.24, 2.45) is 11.6 Å². The number of nitrogens with two attached hydrogens (primary N) is 2. The minimum Gasteiger partial charge on any atom is -0.400 e. The molecule has 2 aliphatic heterocycles. The number of aryl methyl sites for hydroxylation is 1. The highest BCUT2D eigenvalue weighted by Gasteiger charge is 2.41. The number of hydrogen-bond donors (Lipinski definition) is 4. The number of rotatable bonds is 8. The molecule has 3 heterocycles. The Labute approximate surface area is 182 Å². The van der Waals surface area contributed by atoms with Crippen molar-refractivity contribution in [3.63, 3.8) is 0 Å². The van der Waals surface area contributed by atoms with Crippen molar-refractivity contribution in [3.8, 4) is 0 Å². The number of amides is 1. The third kappa shape index (κ3) is 5.73. The molecular formula is C21H35N5O3S. The van der Waals surface area contributed by atoms with E-state index in [0.717, 1.165) is 45.4 Å². The molecule has 0 aromatic carbocycles. The van der Waals surface area contributed by atoms with Gasteiger partial charge in [0.2, 0.25) is 5.91 Å². The number of fused-ring (bicyclic) bond motifs is 2. The lowest BCUT2D eigenvalue weighted by atomic mass is 9.82. The molecule has 168 valence electrons. The average Bonchev–Trinajstić information content (AvgIpc) is 3.13. The minimum atomic E-state index is -0.588. The van der Waals surface area contributed by atoms with Crippen molar-refractivity contribution in [3.05, 3.63) is 33.3 Å². The predicted octanol–water partition coefficient (Wildman–Crippen LogP) is 0.647. The zero-order valence-electron chi connectivity index (χ0n) is 18.0. The van der Waals surface area contributed by atoms with E-state index in [4.69, 9.17) is 16.3 Å². The van der Waals surface area contributed by atoms with Crippen LogP contribution in [0.3, 0.4) is 0 Å². The van der Waals surface area contributed by atoms with Gasteiger partial charge in [0.05, 0.1) is 18.3 Å². The maximum absolute atomic E-state index is 11.8. The van der Waals surface area contributed by atoms with E-state index in [1.807, 2.05) is 11.3 Å². The molecule has 2 aliphatic rings. The number of carbonyl (C=O) groups excluding carboxylic acids is 1. The van der Waals surface area contributed by atoms with Crippen LogP contribution in [0.5, 0.6) is 0 Å². The number of nitrogens with one attached hydrogen (secondary N) is 1. The van der Waals surface area contributed by atoms with Gasteiger partial charge in [-0.2, -0.15) is 0 Å². The Bertz CT molecular complexity index is 756. The van der Waals surface area contributed by atoms with E-state index in [2.05, 4.69) is 23.2 Å². The van der Waals surface area contributed by atoms with E-state index in [0.29, 0.717) is 12.2 Å². The molecule has 9 heteroatoms. The van der Waals surface area contributed by atoms with Gasteiger partial charge in [0.25, 0.3) is 0 Å². The lowest BCUT2D eigenvalue weighted by Gasteiger charge is -2.44. The van der Waals surface area contributed by atoms with Crippen LogP contribution in [-0.4, -0.2) is 66.4 Å². The Morgan fingerprint density at radius 2 is 2.23 bits per heavy atom. The number of likely N-dealkylation sites (tertiary alicyclic amines) is 1. The quantitative estimate of drug-likeness (QED) is 0.348. The van der Waals surface area contributed by atoms with Crippen LogP contribution in [0.4, 0.5) is 0 Å². The van der Waals surface area contributed by atoms with Gasteiger partial charge >= 0.3 is 0 Å². The number of piperidine rings is 1. The lowest BCUT2D eigenvalue weighted by molar-refractivity contribution is -0.122. The summed E-state index contributed by atoms with van der Waals surface area (Å²) in [6.07, 6.45) is 5.04. The highest BCUT2D eigenvalue weighted by Crippen LogP contribution is 2.44. The largest absolute Gasteiger partial charge is 0.400 e. The maximum Gasteiger partial charge on any atom is 0.241 e. The van der Waals surface area contributed by atoms with E-state index in [1.165, 1.54) is 20.3 Å². The van der Waals surface area contributed by atoms with E-state index < -0.39 is 6.10 Å². The lowest BCUT2D eigenvalue weighted by Crippen LogP contribution is -2.47. The van der Waals surface area contributed by atoms with Crippen molar-refractivity contribution in [2.45, 2.75) is 51.2 Å². The molecule has 1 fully saturated rings. The molecule has 0 radical (unpaired) electrons. The fraction of sp³-hybridized carbons (Fsp3) is 0.667. The number of thiophene rings is 1. The van der Waals surface area contributed by atoms with Crippen molar-refractivity contribution in [2.75, 3.05) is 39.3 Å². The molecule has 1 saturated heterocycles. The maximum atomic E-state index is 11.8. The smallest absolute Gasteiger partial charge is 0.241 e. The summed E-state index contributed by atoms with van der Waals surface area (Å²) in [5.74, 6) is 5.63. The monoisotopic (exact) mass is 437 g/mol. The molecule has 0 bridgehead atoms. The van der Waals surface area contributed by atoms with Crippen LogP contribution in [-0.2, 0) is 28.0 Å². The molecule has 6 N–H and O–H groups in total. The first-order valence-corrected chi connectivity index (χ1v) is 11.5. The topological polar surface area (TPSA) is 117 Å². The first kappa shape index (κ1) is 23.0. The molecular weight excluding hydrogens is 402 g/mol. The van der Waals surface area contributed by atoms with Gasteiger partial charge in [0.15, 0.2) is 0 Å². The molecule has 1 spiro atoms. The van der Waals surface area contributed by atoms with Gasteiger partial charge in [0.1, 0.15) is 6.54 Å².